The van der Waals surface area contributed by atoms with Crippen LogP contribution in [0.4, 0.5) is 5.69 Å². The maximum atomic E-state index is 12.8. The number of rotatable bonds is 6. The normalized spacial score (nSPS) is 10.6. The van der Waals surface area contributed by atoms with Gasteiger partial charge in [0.05, 0.1) is 5.39 Å². The van der Waals surface area contributed by atoms with Gasteiger partial charge in [-0.15, -0.1) is 0 Å². The summed E-state index contributed by atoms with van der Waals surface area (Å²) in [7, 11) is 0. The van der Waals surface area contributed by atoms with Crippen molar-refractivity contribution in [3.63, 3.8) is 0 Å². The van der Waals surface area contributed by atoms with Crippen molar-refractivity contribution in [2.45, 2.75) is 39.7 Å². The van der Waals surface area contributed by atoms with E-state index in [1.807, 2.05) is 31.2 Å². The molecule has 1 heterocycles. The summed E-state index contributed by atoms with van der Waals surface area (Å²) in [4.78, 5) is 25.4. The van der Waals surface area contributed by atoms with E-state index in [4.69, 9.17) is 12.2 Å². The maximum Gasteiger partial charge on any atom is 0.290 e. The van der Waals surface area contributed by atoms with Crippen molar-refractivity contribution in [2.24, 2.45) is 0 Å². The van der Waals surface area contributed by atoms with Gasteiger partial charge in [-0.05, 0) is 48.8 Å². The van der Waals surface area contributed by atoms with Gasteiger partial charge in [0, 0.05) is 17.6 Å². The first-order valence-electron chi connectivity index (χ1n) is 9.99. The molecule has 30 heavy (non-hydrogen) atoms. The molecular weight excluding hydrogens is 398 g/mol. The van der Waals surface area contributed by atoms with Crippen molar-refractivity contribution in [3.8, 4) is 0 Å². The highest BCUT2D eigenvalue weighted by molar-refractivity contribution is 7.80. The molecule has 0 fully saturated rings. The number of hydrogen-bond donors (Lipinski definition) is 3. The van der Waals surface area contributed by atoms with E-state index in [1.54, 1.807) is 24.3 Å². The molecule has 0 unspecified atom stereocenters. The molecule has 0 bridgehead atoms. The van der Waals surface area contributed by atoms with Crippen LogP contribution in [0.5, 0.6) is 0 Å². The number of carbonyl (C=O) groups excluding carboxylic acids is 1. The molecule has 156 valence electrons. The van der Waals surface area contributed by atoms with Crippen LogP contribution < -0.4 is 21.7 Å². The molecule has 0 aliphatic carbocycles. The molecule has 2 aromatic carbocycles. The topological polar surface area (TPSA) is 88.1 Å². The minimum atomic E-state index is -0.470. The van der Waals surface area contributed by atoms with Crippen LogP contribution in [0.2, 0.25) is 0 Å². The average molecular weight is 424 g/mol. The minimum absolute atomic E-state index is 0.170. The van der Waals surface area contributed by atoms with Crippen LogP contribution in [0.1, 0.15) is 42.7 Å². The monoisotopic (exact) mass is 423 g/mol. The number of thiocarbonyl (C=S) groups is 1. The first-order chi connectivity index (χ1) is 14.5. The zero-order valence-electron chi connectivity index (χ0n) is 17.1. The van der Waals surface area contributed by atoms with Gasteiger partial charge in [-0.2, -0.15) is 5.10 Å². The number of fused-ring (bicyclic) bond motifs is 1. The standard InChI is InChI=1S/C22H25N5O2S/c1-3-5-14-27-21(29)18-9-7-6-8-17(18)19(26-27)20(28)24-25-22(30)23-16-12-10-15(4-2)11-13-16/h6-13H,3-5,14H2,1-2H3,(H,24,28)(H2,23,25,30). The first kappa shape index (κ1) is 21.4. The summed E-state index contributed by atoms with van der Waals surface area (Å²) >= 11 is 5.25. The van der Waals surface area contributed by atoms with Gasteiger partial charge in [-0.1, -0.05) is 50.6 Å². The van der Waals surface area contributed by atoms with E-state index in [2.05, 4.69) is 28.2 Å². The Bertz CT molecular complexity index is 1110. The summed E-state index contributed by atoms with van der Waals surface area (Å²) in [5.74, 6) is -0.470. The molecule has 0 saturated carbocycles. The van der Waals surface area contributed by atoms with Gasteiger partial charge in [-0.25, -0.2) is 4.68 Å². The fourth-order valence-electron chi connectivity index (χ4n) is 3.02. The minimum Gasteiger partial charge on any atom is -0.331 e. The lowest BCUT2D eigenvalue weighted by Gasteiger charge is -2.13. The van der Waals surface area contributed by atoms with E-state index in [1.165, 1.54) is 10.2 Å². The van der Waals surface area contributed by atoms with Crippen LogP contribution in [-0.2, 0) is 13.0 Å². The second-order valence-electron chi connectivity index (χ2n) is 6.86. The van der Waals surface area contributed by atoms with Crippen LogP contribution in [0.3, 0.4) is 0 Å². The highest BCUT2D eigenvalue weighted by Gasteiger charge is 2.16. The molecule has 1 amide bonds. The highest BCUT2D eigenvalue weighted by atomic mass is 32.1. The fourth-order valence-corrected chi connectivity index (χ4v) is 3.19. The highest BCUT2D eigenvalue weighted by Crippen LogP contribution is 2.13. The number of nitrogens with zero attached hydrogens (tertiary/aromatic N) is 2. The molecule has 0 aliphatic rings. The number of aromatic nitrogens is 2. The molecule has 3 rings (SSSR count). The number of unbranched alkanes of at least 4 members (excludes halogenated alkanes) is 1. The van der Waals surface area contributed by atoms with Gasteiger partial charge in [0.1, 0.15) is 0 Å². The number of benzene rings is 2. The Balaban J connectivity index is 1.74. The molecular formula is C22H25N5O2S. The number of aryl methyl sites for hydroxylation is 2. The largest absolute Gasteiger partial charge is 0.331 e. The third-order valence-electron chi connectivity index (χ3n) is 4.72. The molecule has 1 aromatic heterocycles. The molecule has 8 heteroatoms. The van der Waals surface area contributed by atoms with Crippen molar-refractivity contribution in [3.05, 3.63) is 70.1 Å². The summed E-state index contributed by atoms with van der Waals surface area (Å²) in [5.41, 5.74) is 7.27. The molecule has 0 aliphatic heterocycles. The number of hydrazine groups is 1. The molecule has 3 aromatic rings. The lowest BCUT2D eigenvalue weighted by atomic mass is 10.1. The fraction of sp³-hybridized carbons (Fsp3) is 0.273. The van der Waals surface area contributed by atoms with Crippen LogP contribution in [0, 0.1) is 0 Å². The predicted molar refractivity (Wildman–Crippen MR) is 124 cm³/mol. The summed E-state index contributed by atoms with van der Waals surface area (Å²) in [5, 5.41) is 8.54. The summed E-state index contributed by atoms with van der Waals surface area (Å²) in [6.07, 6.45) is 2.68. The van der Waals surface area contributed by atoms with Crippen LogP contribution in [-0.4, -0.2) is 20.8 Å². The third kappa shape index (κ3) is 5.01. The molecule has 7 nitrogen and oxygen atoms in total. The van der Waals surface area contributed by atoms with Gasteiger partial charge in [0.15, 0.2) is 10.8 Å². The second-order valence-corrected chi connectivity index (χ2v) is 7.27. The lowest BCUT2D eigenvalue weighted by Crippen LogP contribution is -2.44. The van der Waals surface area contributed by atoms with E-state index >= 15 is 0 Å². The Labute approximate surface area is 180 Å². The van der Waals surface area contributed by atoms with Crippen LogP contribution >= 0.6 is 12.2 Å². The Morgan fingerprint density at radius 2 is 1.73 bits per heavy atom. The number of carbonyl (C=O) groups is 1. The SMILES string of the molecule is CCCCn1nc(C(=O)NNC(=S)Nc2ccc(CC)cc2)c2ccccc2c1=O. The molecule has 3 N–H and O–H groups in total. The van der Waals surface area contributed by atoms with Gasteiger partial charge in [0.25, 0.3) is 11.5 Å². The van der Waals surface area contributed by atoms with Gasteiger partial charge >= 0.3 is 0 Å². The van der Waals surface area contributed by atoms with E-state index in [0.717, 1.165) is 24.9 Å². The summed E-state index contributed by atoms with van der Waals surface area (Å²) < 4.78 is 1.35. The van der Waals surface area contributed by atoms with Crippen molar-refractivity contribution in [1.82, 2.24) is 20.6 Å². The van der Waals surface area contributed by atoms with Crippen LogP contribution in [0.15, 0.2) is 53.3 Å². The molecule has 0 atom stereocenters. The van der Waals surface area contributed by atoms with E-state index in [0.29, 0.717) is 17.3 Å². The molecule has 0 radical (unpaired) electrons. The van der Waals surface area contributed by atoms with Crippen LogP contribution in [0.25, 0.3) is 10.8 Å². The van der Waals surface area contributed by atoms with Gasteiger partial charge in [0.2, 0.25) is 0 Å². The van der Waals surface area contributed by atoms with Gasteiger partial charge < -0.3 is 5.32 Å². The third-order valence-corrected chi connectivity index (χ3v) is 4.92. The quantitative estimate of drug-likeness (QED) is 0.416. The van der Waals surface area contributed by atoms with E-state index in [9.17, 15) is 9.59 Å². The maximum absolute atomic E-state index is 12.8. The van der Waals surface area contributed by atoms with Gasteiger partial charge in [-0.3, -0.25) is 20.4 Å². The average Bonchev–Trinajstić information content (AvgIpc) is 2.77. The van der Waals surface area contributed by atoms with E-state index < -0.39 is 5.91 Å². The Kier molecular flexibility index (Phi) is 7.13. The lowest BCUT2D eigenvalue weighted by molar-refractivity contribution is 0.0938. The molecule has 0 spiro atoms. The number of anilines is 1. The number of nitrogens with one attached hydrogen (secondary N) is 3. The smallest absolute Gasteiger partial charge is 0.290 e. The Morgan fingerprint density at radius 3 is 2.40 bits per heavy atom. The number of hydrogen-bond acceptors (Lipinski definition) is 4. The number of amides is 1. The summed E-state index contributed by atoms with van der Waals surface area (Å²) in [6, 6.07) is 14.8. The molecule has 0 saturated heterocycles. The zero-order valence-corrected chi connectivity index (χ0v) is 17.9. The van der Waals surface area contributed by atoms with E-state index in [-0.39, 0.29) is 16.4 Å². The predicted octanol–water partition coefficient (Wildman–Crippen LogP) is 3.39. The van der Waals surface area contributed by atoms with Crippen molar-refractivity contribution >= 4 is 39.7 Å². The second kappa shape index (κ2) is 9.98. The van der Waals surface area contributed by atoms with Crippen molar-refractivity contribution in [1.29, 1.82) is 0 Å². The zero-order chi connectivity index (χ0) is 21.5. The Hall–Kier alpha value is -3.26. The summed E-state index contributed by atoms with van der Waals surface area (Å²) in [6.45, 7) is 4.59. The van der Waals surface area contributed by atoms with Crippen molar-refractivity contribution in [2.75, 3.05) is 5.32 Å². The first-order valence-corrected chi connectivity index (χ1v) is 10.4. The van der Waals surface area contributed by atoms with Crippen molar-refractivity contribution < 1.29 is 4.79 Å². The Morgan fingerprint density at radius 1 is 1.03 bits per heavy atom.